The molecule has 0 unspecified atom stereocenters. The van der Waals surface area contributed by atoms with E-state index in [1.807, 2.05) is 78.9 Å². The molecular formula is C38H44N4O5. The number of ether oxygens (including phenoxy) is 2. The lowest BCUT2D eigenvalue weighted by Crippen LogP contribution is -2.37. The zero-order chi connectivity index (χ0) is 33.0. The van der Waals surface area contributed by atoms with Gasteiger partial charge in [-0.25, -0.2) is 0 Å². The fraction of sp³-hybridized carbons (Fsp3) is 0.316. The first kappa shape index (κ1) is 33.8. The monoisotopic (exact) mass is 636 g/mol. The second-order valence-electron chi connectivity index (χ2n) is 12.0. The van der Waals surface area contributed by atoms with Crippen LogP contribution in [0, 0.1) is 0 Å². The second kappa shape index (κ2) is 16.9. The highest BCUT2D eigenvalue weighted by Crippen LogP contribution is 2.38. The van der Waals surface area contributed by atoms with Crippen LogP contribution in [0.5, 0.6) is 0 Å². The molecule has 0 aromatic heterocycles. The molecule has 4 aromatic rings. The Balaban J connectivity index is 1.18. The topological polar surface area (TPSA) is 126 Å². The Morgan fingerprint density at radius 2 is 1.51 bits per heavy atom. The summed E-state index contributed by atoms with van der Waals surface area (Å²) in [6.07, 6.45) is 1.51. The van der Waals surface area contributed by atoms with Gasteiger partial charge in [0.1, 0.15) is 0 Å². The number of likely N-dealkylation sites (N-methyl/N-ethyl adjacent to an activating group) is 1. The molecule has 0 spiro atoms. The fourth-order valence-electron chi connectivity index (χ4n) is 5.72. The molecule has 1 aliphatic heterocycles. The Hall–Kier alpha value is -4.54. The number of rotatable bonds is 14. The zero-order valence-corrected chi connectivity index (χ0v) is 26.8. The molecule has 5 N–H and O–H groups in total. The number of hydrogen-bond acceptors (Lipinski definition) is 7. The third-order valence-corrected chi connectivity index (χ3v) is 8.16. The summed E-state index contributed by atoms with van der Waals surface area (Å²) in [5.41, 5.74) is 11.6. The Morgan fingerprint density at radius 3 is 2.23 bits per heavy atom. The summed E-state index contributed by atoms with van der Waals surface area (Å²) in [5.74, 6) is -0.252. The second-order valence-corrected chi connectivity index (χ2v) is 12.0. The third kappa shape index (κ3) is 10.2. The largest absolute Gasteiger partial charge is 0.397 e. The van der Waals surface area contributed by atoms with Gasteiger partial charge in [0.25, 0.3) is 0 Å². The lowest BCUT2D eigenvalue weighted by atomic mass is 9.99. The molecule has 9 heteroatoms. The summed E-state index contributed by atoms with van der Waals surface area (Å²) >= 11 is 0. The maximum Gasteiger partial charge on any atom is 0.224 e. The van der Waals surface area contributed by atoms with E-state index in [4.69, 9.17) is 15.2 Å². The number of para-hydroxylation sites is 2. The van der Waals surface area contributed by atoms with Crippen LogP contribution in [-0.4, -0.2) is 41.5 Å². The number of carbonyl (C=O) groups excluding carboxylic acids is 2. The minimum absolute atomic E-state index is 0.0118. The van der Waals surface area contributed by atoms with Crippen LogP contribution >= 0.6 is 0 Å². The van der Waals surface area contributed by atoms with E-state index in [-0.39, 0.29) is 30.6 Å². The Kier molecular flexibility index (Phi) is 12.1. The number of nitrogens with zero attached hydrogens (tertiary/aromatic N) is 1. The summed E-state index contributed by atoms with van der Waals surface area (Å²) < 4.78 is 13.0. The van der Waals surface area contributed by atoms with E-state index in [1.165, 1.54) is 5.56 Å². The molecule has 5 rings (SSSR count). The van der Waals surface area contributed by atoms with Crippen LogP contribution in [0.1, 0.15) is 66.8 Å². The number of aliphatic hydroxyl groups is 1. The number of hydrogen-bond donors (Lipinski definition) is 4. The van der Waals surface area contributed by atoms with E-state index >= 15 is 0 Å². The van der Waals surface area contributed by atoms with Crippen LogP contribution in [0.15, 0.2) is 103 Å². The van der Waals surface area contributed by atoms with Crippen LogP contribution in [-0.2, 0) is 32.2 Å². The van der Waals surface area contributed by atoms with Gasteiger partial charge in [0.05, 0.1) is 30.2 Å². The van der Waals surface area contributed by atoms with Crippen molar-refractivity contribution in [2.75, 3.05) is 30.0 Å². The lowest BCUT2D eigenvalue weighted by Gasteiger charge is -2.38. The number of anilines is 3. The normalized spacial score (nSPS) is 17.7. The maximum atomic E-state index is 12.8. The summed E-state index contributed by atoms with van der Waals surface area (Å²) in [5, 5.41) is 15.3. The smallest absolute Gasteiger partial charge is 0.224 e. The summed E-state index contributed by atoms with van der Waals surface area (Å²) in [6.45, 7) is 1.51. The van der Waals surface area contributed by atoms with Crippen LogP contribution in [0.4, 0.5) is 17.1 Å². The van der Waals surface area contributed by atoms with E-state index in [0.29, 0.717) is 55.7 Å². The van der Waals surface area contributed by atoms with Crippen molar-refractivity contribution in [2.45, 2.75) is 63.8 Å². The van der Waals surface area contributed by atoms with E-state index in [1.54, 1.807) is 12.1 Å². The molecule has 2 amide bonds. The molecule has 0 bridgehead atoms. The van der Waals surface area contributed by atoms with Crippen LogP contribution in [0.25, 0.3) is 0 Å². The highest BCUT2D eigenvalue weighted by molar-refractivity contribution is 5.94. The number of amides is 2. The fourth-order valence-corrected chi connectivity index (χ4v) is 5.72. The first-order valence-electron chi connectivity index (χ1n) is 16.1. The molecule has 246 valence electrons. The van der Waals surface area contributed by atoms with Crippen molar-refractivity contribution in [3.63, 3.8) is 0 Å². The Labute approximate surface area is 276 Å². The van der Waals surface area contributed by atoms with Crippen molar-refractivity contribution < 1.29 is 24.2 Å². The van der Waals surface area contributed by atoms with Gasteiger partial charge in [0, 0.05) is 43.6 Å². The molecule has 9 nitrogen and oxygen atoms in total. The van der Waals surface area contributed by atoms with Crippen molar-refractivity contribution in [1.82, 2.24) is 4.90 Å². The van der Waals surface area contributed by atoms with Gasteiger partial charge in [-0.15, -0.1) is 0 Å². The summed E-state index contributed by atoms with van der Waals surface area (Å²) in [6, 6.07) is 32.9. The number of unbranched alkanes of at least 4 members (excludes halogenated alkanes) is 1. The molecule has 1 saturated heterocycles. The van der Waals surface area contributed by atoms with Gasteiger partial charge in [-0.1, -0.05) is 78.9 Å². The maximum absolute atomic E-state index is 12.8. The van der Waals surface area contributed by atoms with Crippen LogP contribution < -0.4 is 16.4 Å². The molecular weight excluding hydrogens is 592 g/mol. The van der Waals surface area contributed by atoms with Crippen molar-refractivity contribution in [1.29, 1.82) is 0 Å². The Bertz CT molecular complexity index is 1600. The van der Waals surface area contributed by atoms with E-state index in [0.717, 1.165) is 23.2 Å². The predicted molar refractivity (Wildman–Crippen MR) is 184 cm³/mol. The van der Waals surface area contributed by atoms with Gasteiger partial charge < -0.3 is 30.9 Å². The van der Waals surface area contributed by atoms with Gasteiger partial charge in [-0.3, -0.25) is 14.5 Å². The van der Waals surface area contributed by atoms with Crippen molar-refractivity contribution in [3.05, 3.63) is 125 Å². The minimum Gasteiger partial charge on any atom is -0.397 e. The van der Waals surface area contributed by atoms with E-state index < -0.39 is 6.29 Å². The third-order valence-electron chi connectivity index (χ3n) is 8.16. The molecule has 0 radical (unpaired) electrons. The van der Waals surface area contributed by atoms with Gasteiger partial charge in [0.2, 0.25) is 11.8 Å². The summed E-state index contributed by atoms with van der Waals surface area (Å²) in [7, 11) is 2.09. The van der Waals surface area contributed by atoms with Crippen molar-refractivity contribution >= 4 is 28.9 Å². The predicted octanol–water partition coefficient (Wildman–Crippen LogP) is 6.58. The molecule has 1 fully saturated rings. The molecule has 47 heavy (non-hydrogen) atoms. The van der Waals surface area contributed by atoms with Gasteiger partial charge >= 0.3 is 0 Å². The highest BCUT2D eigenvalue weighted by Gasteiger charge is 2.33. The number of benzene rings is 4. The number of nitrogen functional groups attached to an aromatic ring is 1. The van der Waals surface area contributed by atoms with Crippen molar-refractivity contribution in [3.8, 4) is 0 Å². The van der Waals surface area contributed by atoms with Crippen LogP contribution in [0.3, 0.4) is 0 Å². The molecule has 0 aliphatic carbocycles. The van der Waals surface area contributed by atoms with Crippen LogP contribution in [0.2, 0.25) is 0 Å². The SMILES string of the molecule is CN(Cc1ccccc1)C[C@H]1C[C@@H](c2ccc(CO)cc2)O[C@@H](c2cccc(NC(=O)CCCCC(=O)Nc3ccccc3N)c2)O1. The molecule has 0 saturated carbocycles. The van der Waals surface area contributed by atoms with Gasteiger partial charge in [0.15, 0.2) is 6.29 Å². The number of carbonyl (C=O) groups is 2. The quantitative estimate of drug-likeness (QED) is 0.0911. The lowest BCUT2D eigenvalue weighted by molar-refractivity contribution is -0.252. The van der Waals surface area contributed by atoms with Gasteiger partial charge in [-0.05, 0) is 60.8 Å². The molecule has 1 aliphatic rings. The first-order chi connectivity index (χ1) is 22.9. The average molecular weight is 637 g/mol. The number of aliphatic hydroxyl groups excluding tert-OH is 1. The molecule has 1 heterocycles. The van der Waals surface area contributed by atoms with E-state index in [9.17, 15) is 14.7 Å². The number of nitrogens with two attached hydrogens (primary N) is 1. The highest BCUT2D eigenvalue weighted by atomic mass is 16.7. The zero-order valence-electron chi connectivity index (χ0n) is 26.8. The first-order valence-corrected chi connectivity index (χ1v) is 16.1. The average Bonchev–Trinajstić information content (AvgIpc) is 3.08. The standard InChI is InChI=1S/C38H44N4O5/c1-42(24-27-10-3-2-4-11-27)25-32-23-35(29-20-18-28(26-43)19-21-29)47-38(46-32)30-12-9-13-31(22-30)40-36(44)16-7-8-17-37(45)41-34-15-6-5-14-33(34)39/h2-6,9-15,18-22,32,35,38,43H,7-8,16-17,23-26,39H2,1H3,(H,40,44)(H,41,45)/t32-,35+,38+/m1/s1. The van der Waals surface area contributed by atoms with Crippen molar-refractivity contribution in [2.24, 2.45) is 0 Å². The van der Waals surface area contributed by atoms with E-state index in [2.05, 4.69) is 34.7 Å². The Morgan fingerprint density at radius 1 is 0.809 bits per heavy atom. The molecule has 3 atom stereocenters. The molecule has 4 aromatic carbocycles. The number of nitrogens with one attached hydrogen (secondary N) is 2. The minimum atomic E-state index is -0.629. The summed E-state index contributed by atoms with van der Waals surface area (Å²) in [4.78, 5) is 27.3. The van der Waals surface area contributed by atoms with Gasteiger partial charge in [-0.2, -0.15) is 0 Å².